The van der Waals surface area contributed by atoms with Crippen LogP contribution in [0.1, 0.15) is 34.1 Å². The average molecular weight is 269 g/mol. The lowest BCUT2D eigenvalue weighted by molar-refractivity contribution is 0.0525. The minimum absolute atomic E-state index is 0.315. The number of ether oxygens (including phenoxy) is 1. The molecular weight excluding hydrogens is 250 g/mol. The first-order valence-corrected chi connectivity index (χ1v) is 6.75. The Hall–Kier alpha value is -2.16. The summed E-state index contributed by atoms with van der Waals surface area (Å²) in [5, 5.41) is 0. The van der Waals surface area contributed by atoms with E-state index in [0.717, 1.165) is 11.3 Å². The van der Waals surface area contributed by atoms with E-state index in [-0.39, 0.29) is 5.97 Å². The van der Waals surface area contributed by atoms with Crippen LogP contribution in [0.25, 0.3) is 11.3 Å². The molecule has 0 aliphatic carbocycles. The fourth-order valence-corrected chi connectivity index (χ4v) is 2.24. The second-order valence-electron chi connectivity index (χ2n) is 4.87. The molecule has 0 atom stereocenters. The lowest BCUT2D eigenvalue weighted by Crippen LogP contribution is -2.08. The van der Waals surface area contributed by atoms with Crippen molar-refractivity contribution in [2.75, 3.05) is 6.61 Å². The Morgan fingerprint density at radius 1 is 1.15 bits per heavy atom. The zero-order chi connectivity index (χ0) is 14.7. The highest BCUT2D eigenvalue weighted by atomic mass is 16.5. The largest absolute Gasteiger partial charge is 0.462 e. The van der Waals surface area contributed by atoms with Gasteiger partial charge in [-0.15, -0.1) is 0 Å². The van der Waals surface area contributed by atoms with Crippen molar-refractivity contribution in [3.8, 4) is 11.3 Å². The van der Waals surface area contributed by atoms with Crippen LogP contribution in [0.15, 0.2) is 30.3 Å². The third-order valence-corrected chi connectivity index (χ3v) is 3.24. The maximum absolute atomic E-state index is 11.8. The Balaban J connectivity index is 2.40. The van der Waals surface area contributed by atoms with Gasteiger partial charge in [-0.3, -0.25) is 4.98 Å². The number of pyridine rings is 1. The van der Waals surface area contributed by atoms with Crippen LogP contribution >= 0.6 is 0 Å². The van der Waals surface area contributed by atoms with Gasteiger partial charge in [-0.1, -0.05) is 23.8 Å². The molecule has 104 valence electrons. The predicted molar refractivity (Wildman–Crippen MR) is 79.8 cm³/mol. The molecule has 0 N–H and O–H groups in total. The van der Waals surface area contributed by atoms with Gasteiger partial charge in [-0.05, 0) is 45.4 Å². The quantitative estimate of drug-likeness (QED) is 0.794. The van der Waals surface area contributed by atoms with Crippen molar-refractivity contribution in [2.45, 2.75) is 27.7 Å². The molecule has 0 saturated heterocycles. The van der Waals surface area contributed by atoms with Gasteiger partial charge in [0.25, 0.3) is 0 Å². The van der Waals surface area contributed by atoms with Gasteiger partial charge in [0.1, 0.15) is 0 Å². The molecular formula is C17H19NO2. The summed E-state index contributed by atoms with van der Waals surface area (Å²) >= 11 is 0. The Bertz CT molecular complexity index is 647. The summed E-state index contributed by atoms with van der Waals surface area (Å²) in [4.78, 5) is 16.3. The van der Waals surface area contributed by atoms with Crippen molar-refractivity contribution < 1.29 is 9.53 Å². The molecule has 2 aromatic rings. The minimum atomic E-state index is -0.315. The van der Waals surface area contributed by atoms with Crippen LogP contribution in [-0.4, -0.2) is 17.6 Å². The maximum atomic E-state index is 11.8. The van der Waals surface area contributed by atoms with Gasteiger partial charge in [0.2, 0.25) is 0 Å². The van der Waals surface area contributed by atoms with Crippen molar-refractivity contribution in [1.82, 2.24) is 4.98 Å². The Labute approximate surface area is 119 Å². The number of rotatable bonds is 3. The van der Waals surface area contributed by atoms with Gasteiger partial charge < -0.3 is 4.74 Å². The number of hydrogen-bond acceptors (Lipinski definition) is 3. The zero-order valence-corrected chi connectivity index (χ0v) is 12.4. The van der Waals surface area contributed by atoms with E-state index < -0.39 is 0 Å². The van der Waals surface area contributed by atoms with E-state index in [1.807, 2.05) is 13.0 Å². The SMILES string of the molecule is CCOC(=O)c1ccc(-c2ccc(C)cc2C)nc1C. The first-order valence-electron chi connectivity index (χ1n) is 6.75. The second-order valence-corrected chi connectivity index (χ2v) is 4.87. The van der Waals surface area contributed by atoms with Crippen molar-refractivity contribution in [3.05, 3.63) is 52.7 Å². The summed E-state index contributed by atoms with van der Waals surface area (Å²) in [6.45, 7) is 8.14. The number of aromatic nitrogens is 1. The number of aryl methyl sites for hydroxylation is 3. The van der Waals surface area contributed by atoms with Crippen LogP contribution in [0.4, 0.5) is 0 Å². The molecule has 1 heterocycles. The number of carbonyl (C=O) groups is 1. The van der Waals surface area contributed by atoms with Crippen LogP contribution in [-0.2, 0) is 4.74 Å². The summed E-state index contributed by atoms with van der Waals surface area (Å²) in [5.41, 5.74) is 5.61. The summed E-state index contributed by atoms with van der Waals surface area (Å²) in [7, 11) is 0. The van der Waals surface area contributed by atoms with Gasteiger partial charge in [0.05, 0.1) is 23.6 Å². The van der Waals surface area contributed by atoms with Gasteiger partial charge >= 0.3 is 5.97 Å². The fourth-order valence-electron chi connectivity index (χ4n) is 2.24. The summed E-state index contributed by atoms with van der Waals surface area (Å²) < 4.78 is 5.01. The monoisotopic (exact) mass is 269 g/mol. The van der Waals surface area contributed by atoms with Gasteiger partial charge in [0.15, 0.2) is 0 Å². The molecule has 3 heteroatoms. The molecule has 1 aromatic heterocycles. The fraction of sp³-hybridized carbons (Fsp3) is 0.294. The third-order valence-electron chi connectivity index (χ3n) is 3.24. The van der Waals surface area contributed by atoms with E-state index in [9.17, 15) is 4.79 Å². The van der Waals surface area contributed by atoms with E-state index in [0.29, 0.717) is 17.9 Å². The molecule has 20 heavy (non-hydrogen) atoms. The highest BCUT2D eigenvalue weighted by Gasteiger charge is 2.12. The molecule has 0 bridgehead atoms. The van der Waals surface area contributed by atoms with E-state index >= 15 is 0 Å². The van der Waals surface area contributed by atoms with Crippen LogP contribution in [0, 0.1) is 20.8 Å². The Morgan fingerprint density at radius 2 is 1.90 bits per heavy atom. The van der Waals surface area contributed by atoms with Crippen LogP contribution in [0.3, 0.4) is 0 Å². The van der Waals surface area contributed by atoms with E-state index in [1.165, 1.54) is 11.1 Å². The summed E-state index contributed by atoms with van der Waals surface area (Å²) in [6, 6.07) is 9.92. The molecule has 0 aliphatic heterocycles. The maximum Gasteiger partial charge on any atom is 0.339 e. The second kappa shape index (κ2) is 5.87. The molecule has 3 nitrogen and oxygen atoms in total. The minimum Gasteiger partial charge on any atom is -0.462 e. The Kier molecular flexibility index (Phi) is 4.18. The van der Waals surface area contributed by atoms with Crippen molar-refractivity contribution >= 4 is 5.97 Å². The first-order chi connectivity index (χ1) is 9.52. The van der Waals surface area contributed by atoms with Crippen LogP contribution in [0.5, 0.6) is 0 Å². The van der Waals surface area contributed by atoms with Gasteiger partial charge in [-0.25, -0.2) is 4.79 Å². The van der Waals surface area contributed by atoms with E-state index in [4.69, 9.17) is 4.74 Å². The number of nitrogens with zero attached hydrogens (tertiary/aromatic N) is 1. The van der Waals surface area contributed by atoms with E-state index in [1.54, 1.807) is 13.0 Å². The highest BCUT2D eigenvalue weighted by molar-refractivity contribution is 5.91. The average Bonchev–Trinajstić information content (AvgIpc) is 2.38. The van der Waals surface area contributed by atoms with Crippen molar-refractivity contribution in [1.29, 1.82) is 0 Å². The summed E-state index contributed by atoms with van der Waals surface area (Å²) in [6.07, 6.45) is 0. The van der Waals surface area contributed by atoms with E-state index in [2.05, 4.69) is 37.0 Å². The molecule has 2 rings (SSSR count). The topological polar surface area (TPSA) is 39.2 Å². The first kappa shape index (κ1) is 14.3. The predicted octanol–water partition coefficient (Wildman–Crippen LogP) is 3.85. The van der Waals surface area contributed by atoms with Crippen molar-refractivity contribution in [2.24, 2.45) is 0 Å². The highest BCUT2D eigenvalue weighted by Crippen LogP contribution is 2.23. The molecule has 0 fully saturated rings. The number of carbonyl (C=O) groups excluding carboxylic acids is 1. The number of hydrogen-bond donors (Lipinski definition) is 0. The number of esters is 1. The lowest BCUT2D eigenvalue weighted by atomic mass is 10.0. The molecule has 0 radical (unpaired) electrons. The van der Waals surface area contributed by atoms with Crippen LogP contribution in [0.2, 0.25) is 0 Å². The van der Waals surface area contributed by atoms with Gasteiger partial charge in [-0.2, -0.15) is 0 Å². The standard InChI is InChI=1S/C17H19NO2/c1-5-20-17(19)15-8-9-16(18-13(15)4)14-7-6-11(2)10-12(14)3/h6-10H,5H2,1-4H3. The molecule has 0 amide bonds. The van der Waals surface area contributed by atoms with Crippen molar-refractivity contribution in [3.63, 3.8) is 0 Å². The van der Waals surface area contributed by atoms with Crippen LogP contribution < -0.4 is 0 Å². The summed E-state index contributed by atoms with van der Waals surface area (Å²) in [5.74, 6) is -0.315. The van der Waals surface area contributed by atoms with Gasteiger partial charge in [0, 0.05) is 5.56 Å². The molecule has 0 saturated carbocycles. The molecule has 1 aromatic carbocycles. The molecule has 0 aliphatic rings. The Morgan fingerprint density at radius 3 is 2.50 bits per heavy atom. The molecule has 0 unspecified atom stereocenters. The number of benzene rings is 1. The normalized spacial score (nSPS) is 10.4. The lowest BCUT2D eigenvalue weighted by Gasteiger charge is -2.09. The molecule has 0 spiro atoms. The zero-order valence-electron chi connectivity index (χ0n) is 12.4. The third kappa shape index (κ3) is 2.87. The smallest absolute Gasteiger partial charge is 0.339 e.